The molecule has 0 aliphatic carbocycles. The van der Waals surface area contributed by atoms with Gasteiger partial charge in [0.15, 0.2) is 5.82 Å². The number of aromatic amines is 1. The number of thiophene rings is 1. The highest BCUT2D eigenvalue weighted by Gasteiger charge is 2.12. The Balaban J connectivity index is 1.93. The molecule has 0 amide bonds. The van der Waals surface area contributed by atoms with Crippen LogP contribution in [0.15, 0.2) is 36.0 Å². The Morgan fingerprint density at radius 3 is 3.06 bits per heavy atom. The van der Waals surface area contributed by atoms with Crippen molar-refractivity contribution in [3.63, 3.8) is 0 Å². The van der Waals surface area contributed by atoms with Crippen LogP contribution in [-0.4, -0.2) is 21.0 Å². The van der Waals surface area contributed by atoms with E-state index in [1.807, 2.05) is 23.6 Å². The van der Waals surface area contributed by atoms with Gasteiger partial charge in [-0.15, -0.1) is 11.3 Å². The van der Waals surface area contributed by atoms with Gasteiger partial charge in [0.1, 0.15) is 6.33 Å². The van der Waals surface area contributed by atoms with E-state index in [1.54, 1.807) is 11.3 Å². The van der Waals surface area contributed by atoms with Crippen LogP contribution in [0.2, 0.25) is 0 Å². The molecule has 0 aliphatic rings. The van der Waals surface area contributed by atoms with Gasteiger partial charge in [0.25, 0.3) is 0 Å². The number of rotatable bonds is 3. The highest BCUT2D eigenvalue weighted by atomic mass is 32.1. The van der Waals surface area contributed by atoms with Gasteiger partial charge in [-0.25, -0.2) is 4.98 Å². The summed E-state index contributed by atoms with van der Waals surface area (Å²) in [7, 11) is 0. The van der Waals surface area contributed by atoms with E-state index < -0.39 is 0 Å². The molecule has 17 heavy (non-hydrogen) atoms. The summed E-state index contributed by atoms with van der Waals surface area (Å²) in [5.41, 5.74) is 1.05. The predicted molar refractivity (Wildman–Crippen MR) is 66.2 cm³/mol. The van der Waals surface area contributed by atoms with Crippen LogP contribution in [0, 0.1) is 0 Å². The maximum absolute atomic E-state index is 11.9. The van der Waals surface area contributed by atoms with Crippen molar-refractivity contribution in [3.05, 3.63) is 47.4 Å². The molecule has 4 nitrogen and oxygen atoms in total. The van der Waals surface area contributed by atoms with Crippen molar-refractivity contribution in [1.82, 2.24) is 15.2 Å². The van der Waals surface area contributed by atoms with Crippen molar-refractivity contribution in [2.45, 2.75) is 6.42 Å². The summed E-state index contributed by atoms with van der Waals surface area (Å²) < 4.78 is 1.20. The van der Waals surface area contributed by atoms with Crippen molar-refractivity contribution < 1.29 is 4.79 Å². The van der Waals surface area contributed by atoms with Crippen LogP contribution >= 0.6 is 11.3 Å². The van der Waals surface area contributed by atoms with Gasteiger partial charge in [-0.2, -0.15) is 5.10 Å². The number of aromatic nitrogens is 3. The first-order valence-corrected chi connectivity index (χ1v) is 6.06. The SMILES string of the molecule is O=C(Cc1csc2ccccc12)c1ncn[nH]1. The van der Waals surface area contributed by atoms with Crippen LogP contribution in [0.3, 0.4) is 0 Å². The topological polar surface area (TPSA) is 58.6 Å². The second-order valence-electron chi connectivity index (χ2n) is 3.69. The van der Waals surface area contributed by atoms with Crippen LogP contribution in [-0.2, 0) is 6.42 Å². The summed E-state index contributed by atoms with van der Waals surface area (Å²) in [6, 6.07) is 8.08. The zero-order valence-electron chi connectivity index (χ0n) is 8.88. The smallest absolute Gasteiger partial charge is 0.203 e. The number of carbonyl (C=O) groups excluding carboxylic acids is 1. The summed E-state index contributed by atoms with van der Waals surface area (Å²) in [5, 5.41) is 9.44. The molecule has 0 saturated heterocycles. The Morgan fingerprint density at radius 1 is 1.35 bits per heavy atom. The second kappa shape index (κ2) is 4.10. The van der Waals surface area contributed by atoms with Gasteiger partial charge in [-0.1, -0.05) is 18.2 Å². The predicted octanol–water partition coefficient (Wildman–Crippen LogP) is 2.44. The Bertz CT molecular complexity index is 657. The second-order valence-corrected chi connectivity index (χ2v) is 4.60. The van der Waals surface area contributed by atoms with Crippen LogP contribution in [0.4, 0.5) is 0 Å². The van der Waals surface area contributed by atoms with Gasteiger partial charge in [-0.3, -0.25) is 9.89 Å². The summed E-state index contributed by atoms with van der Waals surface area (Å²) >= 11 is 1.65. The van der Waals surface area contributed by atoms with Crippen molar-refractivity contribution in [3.8, 4) is 0 Å². The third-order valence-electron chi connectivity index (χ3n) is 2.59. The molecule has 0 spiro atoms. The van der Waals surface area contributed by atoms with Crippen LogP contribution in [0.25, 0.3) is 10.1 Å². The quantitative estimate of drug-likeness (QED) is 0.719. The normalized spacial score (nSPS) is 10.8. The number of H-pyrrole nitrogens is 1. The Morgan fingerprint density at radius 2 is 2.24 bits per heavy atom. The maximum atomic E-state index is 11.9. The first kappa shape index (κ1) is 10.2. The number of hydrogen-bond donors (Lipinski definition) is 1. The number of nitrogens with one attached hydrogen (secondary N) is 1. The Hall–Kier alpha value is -2.01. The average Bonchev–Trinajstić information content (AvgIpc) is 2.98. The lowest BCUT2D eigenvalue weighted by atomic mass is 10.1. The third kappa shape index (κ3) is 1.85. The molecule has 84 valence electrons. The zero-order valence-corrected chi connectivity index (χ0v) is 9.70. The molecule has 0 bridgehead atoms. The first-order chi connectivity index (χ1) is 8.34. The van der Waals surface area contributed by atoms with Crippen molar-refractivity contribution in [2.75, 3.05) is 0 Å². The molecule has 0 aliphatic heterocycles. The molecule has 0 unspecified atom stereocenters. The Labute approximate surface area is 101 Å². The van der Waals surface area contributed by atoms with E-state index in [0.29, 0.717) is 12.2 Å². The van der Waals surface area contributed by atoms with Crippen molar-refractivity contribution in [2.24, 2.45) is 0 Å². The van der Waals surface area contributed by atoms with Crippen LogP contribution < -0.4 is 0 Å². The van der Waals surface area contributed by atoms with Crippen LogP contribution in [0.1, 0.15) is 16.2 Å². The van der Waals surface area contributed by atoms with E-state index in [1.165, 1.54) is 11.0 Å². The lowest BCUT2D eigenvalue weighted by molar-refractivity contribution is 0.0984. The van der Waals surface area contributed by atoms with Gasteiger partial charge < -0.3 is 0 Å². The molecule has 3 aromatic rings. The molecule has 1 N–H and O–H groups in total. The molecule has 1 aromatic carbocycles. The summed E-state index contributed by atoms with van der Waals surface area (Å²) in [5.74, 6) is 0.284. The average molecular weight is 243 g/mol. The summed E-state index contributed by atoms with van der Waals surface area (Å²) in [6.07, 6.45) is 1.71. The number of fused-ring (bicyclic) bond motifs is 1. The largest absolute Gasteiger partial charge is 0.290 e. The van der Waals surface area contributed by atoms with E-state index in [4.69, 9.17) is 0 Å². The molecule has 3 rings (SSSR count). The van der Waals surface area contributed by atoms with Gasteiger partial charge >= 0.3 is 0 Å². The number of ketones is 1. The number of benzene rings is 1. The van der Waals surface area contributed by atoms with E-state index in [9.17, 15) is 4.79 Å². The number of nitrogens with zero attached hydrogens (tertiary/aromatic N) is 2. The molecular formula is C12H9N3OS. The lowest BCUT2D eigenvalue weighted by Crippen LogP contribution is -2.05. The molecule has 0 radical (unpaired) electrons. The third-order valence-corrected chi connectivity index (χ3v) is 3.60. The Kier molecular flexibility index (Phi) is 2.45. The number of carbonyl (C=O) groups is 1. The molecule has 0 atom stereocenters. The maximum Gasteiger partial charge on any atom is 0.203 e. The molecule has 0 fully saturated rings. The number of hydrogen-bond acceptors (Lipinski definition) is 4. The highest BCUT2D eigenvalue weighted by molar-refractivity contribution is 7.17. The standard InChI is InChI=1S/C12H9N3OS/c16-10(12-13-7-14-15-12)5-8-6-17-11-4-2-1-3-9(8)11/h1-4,6-7H,5H2,(H,13,14,15). The summed E-state index contributed by atoms with van der Waals surface area (Å²) in [6.45, 7) is 0. The van der Waals surface area contributed by atoms with Crippen molar-refractivity contribution >= 4 is 27.2 Å². The minimum atomic E-state index is -0.0361. The fourth-order valence-electron chi connectivity index (χ4n) is 1.77. The van der Waals surface area contributed by atoms with E-state index in [0.717, 1.165) is 10.9 Å². The fraction of sp³-hybridized carbons (Fsp3) is 0.0833. The van der Waals surface area contributed by atoms with E-state index in [2.05, 4.69) is 21.2 Å². The van der Waals surface area contributed by atoms with Gasteiger partial charge in [0.2, 0.25) is 5.78 Å². The van der Waals surface area contributed by atoms with Gasteiger partial charge in [-0.05, 0) is 22.4 Å². The molecule has 2 heterocycles. The van der Waals surface area contributed by atoms with Crippen LogP contribution in [0.5, 0.6) is 0 Å². The minimum absolute atomic E-state index is 0.0361. The molecular weight excluding hydrogens is 234 g/mol. The summed E-state index contributed by atoms with van der Waals surface area (Å²) in [4.78, 5) is 15.8. The monoisotopic (exact) mass is 243 g/mol. The van der Waals surface area contributed by atoms with Gasteiger partial charge in [0, 0.05) is 11.1 Å². The molecule has 5 heteroatoms. The minimum Gasteiger partial charge on any atom is -0.290 e. The fourth-order valence-corrected chi connectivity index (χ4v) is 2.73. The van der Waals surface area contributed by atoms with Crippen molar-refractivity contribution in [1.29, 1.82) is 0 Å². The van der Waals surface area contributed by atoms with E-state index >= 15 is 0 Å². The van der Waals surface area contributed by atoms with E-state index in [-0.39, 0.29) is 5.78 Å². The highest BCUT2D eigenvalue weighted by Crippen LogP contribution is 2.26. The lowest BCUT2D eigenvalue weighted by Gasteiger charge is -1.96. The first-order valence-electron chi connectivity index (χ1n) is 5.18. The molecule has 2 aromatic heterocycles. The molecule has 0 saturated carbocycles. The van der Waals surface area contributed by atoms with Gasteiger partial charge in [0.05, 0.1) is 0 Å². The number of Topliss-reactive ketones (excluding diaryl/α,β-unsaturated/α-hetero) is 1. The zero-order chi connectivity index (χ0) is 11.7.